The van der Waals surface area contributed by atoms with E-state index in [1.165, 1.54) is 5.56 Å². The zero-order chi connectivity index (χ0) is 12.8. The van der Waals surface area contributed by atoms with Gasteiger partial charge < -0.3 is 10.6 Å². The lowest BCUT2D eigenvalue weighted by molar-refractivity contribution is -0.118. The second-order valence-electron chi connectivity index (χ2n) is 4.45. The Balaban J connectivity index is 0.00000180. The Bertz CT molecular complexity index is 396. The van der Waals surface area contributed by atoms with Crippen LogP contribution in [0.1, 0.15) is 5.56 Å². The summed E-state index contributed by atoms with van der Waals surface area (Å²) in [5, 5.41) is 6.89. The van der Waals surface area contributed by atoms with Gasteiger partial charge >= 0.3 is 0 Å². The SMILES string of the molecule is Cl.O=C(CSCc1ccc(Cl)cc1)NCC1CNC1. The van der Waals surface area contributed by atoms with Gasteiger partial charge in [-0.2, -0.15) is 0 Å². The Morgan fingerprint density at radius 1 is 1.37 bits per heavy atom. The van der Waals surface area contributed by atoms with Crippen LogP contribution in [0.25, 0.3) is 0 Å². The molecule has 0 aromatic heterocycles. The molecule has 0 atom stereocenters. The predicted octanol–water partition coefficient (Wildman–Crippen LogP) is 2.33. The van der Waals surface area contributed by atoms with Gasteiger partial charge in [0, 0.05) is 36.3 Å². The number of hydrogen-bond donors (Lipinski definition) is 2. The Labute approximate surface area is 129 Å². The third kappa shape index (κ3) is 6.04. The number of carbonyl (C=O) groups is 1. The second kappa shape index (κ2) is 8.69. The summed E-state index contributed by atoms with van der Waals surface area (Å²) in [6, 6.07) is 7.74. The summed E-state index contributed by atoms with van der Waals surface area (Å²) in [6.45, 7) is 2.85. The monoisotopic (exact) mass is 320 g/mol. The average Bonchev–Trinajstić information content (AvgIpc) is 2.30. The van der Waals surface area contributed by atoms with Crippen molar-refractivity contribution in [3.8, 4) is 0 Å². The molecule has 1 aliphatic heterocycles. The molecular weight excluding hydrogens is 303 g/mol. The van der Waals surface area contributed by atoms with Gasteiger partial charge in [0.15, 0.2) is 0 Å². The quantitative estimate of drug-likeness (QED) is 0.845. The minimum absolute atomic E-state index is 0. The van der Waals surface area contributed by atoms with Crippen molar-refractivity contribution in [3.63, 3.8) is 0 Å². The first-order valence-corrected chi connectivity index (χ1v) is 7.57. The third-order valence-corrected chi connectivity index (χ3v) is 4.12. The van der Waals surface area contributed by atoms with E-state index in [1.54, 1.807) is 11.8 Å². The molecule has 0 spiro atoms. The summed E-state index contributed by atoms with van der Waals surface area (Å²) in [7, 11) is 0. The van der Waals surface area contributed by atoms with Gasteiger partial charge in [-0.3, -0.25) is 4.79 Å². The Hall–Kier alpha value is -0.420. The highest BCUT2D eigenvalue weighted by molar-refractivity contribution is 7.99. The molecule has 1 saturated heterocycles. The van der Waals surface area contributed by atoms with E-state index in [-0.39, 0.29) is 18.3 Å². The van der Waals surface area contributed by atoms with Crippen LogP contribution < -0.4 is 10.6 Å². The molecule has 3 nitrogen and oxygen atoms in total. The maximum Gasteiger partial charge on any atom is 0.230 e. The molecule has 106 valence electrons. The van der Waals surface area contributed by atoms with Gasteiger partial charge in [0.25, 0.3) is 0 Å². The van der Waals surface area contributed by atoms with Crippen LogP contribution in [-0.2, 0) is 10.5 Å². The summed E-state index contributed by atoms with van der Waals surface area (Å²) >= 11 is 7.44. The van der Waals surface area contributed by atoms with Crippen LogP contribution >= 0.6 is 35.8 Å². The molecule has 19 heavy (non-hydrogen) atoms. The smallest absolute Gasteiger partial charge is 0.230 e. The number of thioether (sulfide) groups is 1. The highest BCUT2D eigenvalue weighted by atomic mass is 35.5. The summed E-state index contributed by atoms with van der Waals surface area (Å²) in [5.74, 6) is 2.11. The van der Waals surface area contributed by atoms with Crippen LogP contribution in [-0.4, -0.2) is 31.3 Å². The van der Waals surface area contributed by atoms with Crippen LogP contribution in [0.2, 0.25) is 5.02 Å². The fourth-order valence-electron chi connectivity index (χ4n) is 1.64. The molecule has 0 bridgehead atoms. The number of rotatable bonds is 6. The van der Waals surface area contributed by atoms with E-state index in [0.717, 1.165) is 30.4 Å². The molecule has 0 saturated carbocycles. The van der Waals surface area contributed by atoms with E-state index in [2.05, 4.69) is 10.6 Å². The van der Waals surface area contributed by atoms with E-state index < -0.39 is 0 Å². The minimum atomic E-state index is 0. The molecule has 1 heterocycles. The van der Waals surface area contributed by atoms with Crippen molar-refractivity contribution >= 4 is 41.7 Å². The standard InChI is InChI=1S/C13H17ClN2OS.ClH/c14-12-3-1-10(2-4-12)8-18-9-13(17)16-7-11-5-15-6-11;/h1-4,11,15H,5-9H2,(H,16,17);1H. The highest BCUT2D eigenvalue weighted by Crippen LogP contribution is 2.15. The number of halogens is 2. The van der Waals surface area contributed by atoms with Crippen LogP contribution in [0.4, 0.5) is 0 Å². The molecule has 0 unspecified atom stereocenters. The first kappa shape index (κ1) is 16.6. The largest absolute Gasteiger partial charge is 0.355 e. The maximum atomic E-state index is 11.6. The number of nitrogens with one attached hydrogen (secondary N) is 2. The summed E-state index contributed by atoms with van der Waals surface area (Å²) in [6.07, 6.45) is 0. The second-order valence-corrected chi connectivity index (χ2v) is 5.87. The van der Waals surface area contributed by atoms with Crippen molar-refractivity contribution in [2.24, 2.45) is 5.92 Å². The zero-order valence-electron chi connectivity index (χ0n) is 10.5. The van der Waals surface area contributed by atoms with Crippen LogP contribution in [0.15, 0.2) is 24.3 Å². The van der Waals surface area contributed by atoms with Crippen LogP contribution in [0, 0.1) is 5.92 Å². The predicted molar refractivity (Wildman–Crippen MR) is 84.2 cm³/mol. The van der Waals surface area contributed by atoms with Gasteiger partial charge in [0.1, 0.15) is 0 Å². The minimum Gasteiger partial charge on any atom is -0.355 e. The van der Waals surface area contributed by atoms with Crippen molar-refractivity contribution in [2.45, 2.75) is 5.75 Å². The fourth-order valence-corrected chi connectivity index (χ4v) is 2.59. The first-order chi connectivity index (χ1) is 8.74. The van der Waals surface area contributed by atoms with Gasteiger partial charge in [-0.25, -0.2) is 0 Å². The number of carbonyl (C=O) groups excluding carboxylic acids is 1. The van der Waals surface area contributed by atoms with Crippen molar-refractivity contribution in [1.82, 2.24) is 10.6 Å². The van der Waals surface area contributed by atoms with Crippen molar-refractivity contribution in [3.05, 3.63) is 34.9 Å². The van der Waals surface area contributed by atoms with Crippen LogP contribution in [0.5, 0.6) is 0 Å². The van der Waals surface area contributed by atoms with E-state index in [1.807, 2.05) is 24.3 Å². The van der Waals surface area contributed by atoms with Crippen molar-refractivity contribution in [2.75, 3.05) is 25.4 Å². The Morgan fingerprint density at radius 3 is 2.63 bits per heavy atom. The van der Waals surface area contributed by atoms with Gasteiger partial charge in [-0.05, 0) is 17.7 Å². The number of benzene rings is 1. The Morgan fingerprint density at radius 2 is 2.05 bits per heavy atom. The lowest BCUT2D eigenvalue weighted by atomic mass is 10.0. The summed E-state index contributed by atoms with van der Waals surface area (Å²) < 4.78 is 0. The molecule has 1 amide bonds. The number of hydrogen-bond acceptors (Lipinski definition) is 3. The van der Waals surface area contributed by atoms with Crippen molar-refractivity contribution in [1.29, 1.82) is 0 Å². The summed E-state index contributed by atoms with van der Waals surface area (Å²) in [4.78, 5) is 11.6. The van der Waals surface area contributed by atoms with Gasteiger partial charge in [0.05, 0.1) is 5.75 Å². The van der Waals surface area contributed by atoms with Crippen LogP contribution in [0.3, 0.4) is 0 Å². The molecule has 2 rings (SSSR count). The third-order valence-electron chi connectivity index (χ3n) is 2.87. The lowest BCUT2D eigenvalue weighted by Crippen LogP contribution is -2.48. The highest BCUT2D eigenvalue weighted by Gasteiger charge is 2.16. The fraction of sp³-hybridized carbons (Fsp3) is 0.462. The molecule has 0 radical (unpaired) electrons. The van der Waals surface area contributed by atoms with Gasteiger partial charge in [-0.15, -0.1) is 24.2 Å². The molecule has 1 fully saturated rings. The topological polar surface area (TPSA) is 41.1 Å². The van der Waals surface area contributed by atoms with E-state index >= 15 is 0 Å². The molecule has 6 heteroatoms. The maximum absolute atomic E-state index is 11.6. The average molecular weight is 321 g/mol. The first-order valence-electron chi connectivity index (χ1n) is 6.03. The molecule has 1 aromatic carbocycles. The normalized spacial score (nSPS) is 14.4. The lowest BCUT2D eigenvalue weighted by Gasteiger charge is -2.27. The zero-order valence-corrected chi connectivity index (χ0v) is 12.9. The Kier molecular flexibility index (Phi) is 7.61. The van der Waals surface area contributed by atoms with Crippen molar-refractivity contribution < 1.29 is 4.79 Å². The number of amides is 1. The molecule has 1 aromatic rings. The van der Waals surface area contributed by atoms with E-state index in [0.29, 0.717) is 11.7 Å². The molecule has 1 aliphatic rings. The molecule has 2 N–H and O–H groups in total. The summed E-state index contributed by atoms with van der Waals surface area (Å²) in [5.41, 5.74) is 1.19. The van der Waals surface area contributed by atoms with Gasteiger partial charge in [-0.1, -0.05) is 23.7 Å². The van der Waals surface area contributed by atoms with Gasteiger partial charge in [0.2, 0.25) is 5.91 Å². The molecular formula is C13H18Cl2N2OS. The van der Waals surface area contributed by atoms with E-state index in [9.17, 15) is 4.79 Å². The van der Waals surface area contributed by atoms with E-state index in [4.69, 9.17) is 11.6 Å². The molecule has 0 aliphatic carbocycles.